The van der Waals surface area contributed by atoms with Crippen LogP contribution in [0.2, 0.25) is 0 Å². The van der Waals surface area contributed by atoms with Crippen molar-refractivity contribution in [3.8, 4) is 0 Å². The van der Waals surface area contributed by atoms with E-state index in [9.17, 15) is 17.2 Å². The van der Waals surface area contributed by atoms with Crippen LogP contribution in [0.15, 0.2) is 0 Å². The average Bonchev–Trinajstić information content (AvgIpc) is 1.81. The second kappa shape index (κ2) is 3.68. The Morgan fingerprint density at radius 1 is 1.55 bits per heavy atom. The maximum absolute atomic E-state index is 12.3. The number of alkyl halides is 2. The predicted molar refractivity (Wildman–Crippen MR) is 39.5 cm³/mol. The van der Waals surface area contributed by atoms with Crippen LogP contribution in [0, 0.1) is 0 Å². The molecule has 0 atom stereocenters. The van der Waals surface area contributed by atoms with E-state index in [0.717, 1.165) is 11.8 Å². The number of hydrogen-bond donors (Lipinski definition) is 1. The average molecular weight is 206 g/mol. The smallest absolute Gasteiger partial charge is 0.281 e. The summed E-state index contributed by atoms with van der Waals surface area (Å²) in [6.07, 6.45) is 0. The highest BCUT2D eigenvalue weighted by Crippen LogP contribution is 2.24. The Hall–Kier alpha value is 0.120. The van der Waals surface area contributed by atoms with E-state index in [4.69, 9.17) is 4.55 Å². The summed E-state index contributed by atoms with van der Waals surface area (Å²) in [5, 5.41) is -4.02. The van der Waals surface area contributed by atoms with Crippen molar-refractivity contribution in [1.29, 1.82) is 0 Å². The van der Waals surface area contributed by atoms with Crippen LogP contribution in [0.3, 0.4) is 0 Å². The quantitative estimate of drug-likeness (QED) is 0.703. The lowest BCUT2D eigenvalue weighted by Gasteiger charge is -2.10. The number of rotatable bonds is 4. The molecule has 0 saturated carbocycles. The zero-order chi connectivity index (χ0) is 9.12. The topological polar surface area (TPSA) is 54.4 Å². The molecule has 0 amide bonds. The van der Waals surface area contributed by atoms with Gasteiger partial charge in [0.25, 0.3) is 0 Å². The summed E-state index contributed by atoms with van der Waals surface area (Å²) < 4.78 is 52.4. The van der Waals surface area contributed by atoms with Crippen LogP contribution in [0.25, 0.3) is 0 Å². The maximum atomic E-state index is 12.3. The van der Waals surface area contributed by atoms with E-state index in [1.807, 2.05) is 0 Å². The molecule has 68 valence electrons. The van der Waals surface area contributed by atoms with Crippen LogP contribution in [0.4, 0.5) is 8.78 Å². The lowest BCUT2D eigenvalue weighted by atomic mass is 10.8. The van der Waals surface area contributed by atoms with E-state index >= 15 is 0 Å². The summed E-state index contributed by atoms with van der Waals surface area (Å²) in [6.45, 7) is 1.62. The van der Waals surface area contributed by atoms with Gasteiger partial charge in [0, 0.05) is 0 Å². The van der Waals surface area contributed by atoms with Gasteiger partial charge in [-0.3, -0.25) is 4.55 Å². The van der Waals surface area contributed by atoms with E-state index in [0.29, 0.717) is 5.75 Å². The minimum absolute atomic E-state index is 0.380. The zero-order valence-corrected chi connectivity index (χ0v) is 7.38. The van der Waals surface area contributed by atoms with Crippen molar-refractivity contribution < 1.29 is 21.8 Å². The highest BCUT2D eigenvalue weighted by atomic mass is 32.2. The third kappa shape index (κ3) is 3.35. The molecule has 0 fully saturated rings. The minimum Gasteiger partial charge on any atom is -0.281 e. The van der Waals surface area contributed by atoms with Crippen LogP contribution in [0.5, 0.6) is 0 Å². The molecule has 0 rings (SSSR count). The molecule has 0 aromatic carbocycles. The Morgan fingerprint density at radius 2 is 2.00 bits per heavy atom. The van der Waals surface area contributed by atoms with Crippen LogP contribution in [-0.4, -0.2) is 29.7 Å². The van der Waals surface area contributed by atoms with Crippen molar-refractivity contribution in [2.75, 3.05) is 11.5 Å². The zero-order valence-electron chi connectivity index (χ0n) is 5.75. The lowest BCUT2D eigenvalue weighted by Crippen LogP contribution is -2.30. The van der Waals surface area contributed by atoms with Gasteiger partial charge in [0.1, 0.15) is 0 Å². The molecule has 0 heterocycles. The molecule has 0 spiro atoms. The summed E-state index contributed by atoms with van der Waals surface area (Å²) >= 11 is 0.753. The largest absolute Gasteiger partial charge is 0.378 e. The molecular weight excluding hydrogens is 198 g/mol. The van der Waals surface area contributed by atoms with Crippen LogP contribution in [-0.2, 0) is 10.1 Å². The molecule has 0 saturated heterocycles. The van der Waals surface area contributed by atoms with Crippen molar-refractivity contribution in [1.82, 2.24) is 0 Å². The summed E-state index contributed by atoms with van der Waals surface area (Å²) in [4.78, 5) is 0. The first-order chi connectivity index (χ1) is 4.81. The third-order valence-corrected chi connectivity index (χ3v) is 2.91. The van der Waals surface area contributed by atoms with Gasteiger partial charge in [-0.15, -0.1) is 0 Å². The Balaban J connectivity index is 4.24. The van der Waals surface area contributed by atoms with Gasteiger partial charge >= 0.3 is 15.4 Å². The summed E-state index contributed by atoms with van der Waals surface area (Å²) in [5.41, 5.74) is 0. The van der Waals surface area contributed by atoms with Gasteiger partial charge < -0.3 is 0 Å². The van der Waals surface area contributed by atoms with Crippen LogP contribution >= 0.6 is 11.8 Å². The van der Waals surface area contributed by atoms with E-state index < -0.39 is 21.1 Å². The first-order valence-corrected chi connectivity index (χ1v) is 5.33. The second-order valence-corrected chi connectivity index (χ2v) is 4.57. The van der Waals surface area contributed by atoms with E-state index in [-0.39, 0.29) is 0 Å². The maximum Gasteiger partial charge on any atom is 0.378 e. The summed E-state index contributed by atoms with van der Waals surface area (Å²) in [7, 11) is -5.23. The lowest BCUT2D eigenvalue weighted by molar-refractivity contribution is 0.107. The van der Waals surface area contributed by atoms with Crippen molar-refractivity contribution >= 4 is 21.9 Å². The molecule has 1 N–H and O–H groups in total. The second-order valence-electron chi connectivity index (χ2n) is 1.75. The van der Waals surface area contributed by atoms with Crippen molar-refractivity contribution in [2.24, 2.45) is 0 Å². The minimum atomic E-state index is -5.23. The normalized spacial score (nSPS) is 13.5. The predicted octanol–water partition coefficient (Wildman–Crippen LogP) is 1.22. The number of halogens is 2. The fourth-order valence-corrected chi connectivity index (χ4v) is 1.58. The fourth-order valence-electron chi connectivity index (χ4n) is 0.295. The van der Waals surface area contributed by atoms with Crippen molar-refractivity contribution in [3.05, 3.63) is 0 Å². The molecule has 0 aliphatic rings. The molecule has 0 aromatic heterocycles. The standard InChI is InChI=1S/C4H8F2O3S2/c1-2-10-3-4(5,6)11(7,8)9/h2-3H2,1H3,(H,7,8,9). The summed E-state index contributed by atoms with van der Waals surface area (Å²) in [5.74, 6) is -0.520. The van der Waals surface area contributed by atoms with Gasteiger partial charge in [-0.05, 0) is 5.75 Å². The Bertz CT molecular complexity index is 211. The van der Waals surface area contributed by atoms with Crippen molar-refractivity contribution in [3.63, 3.8) is 0 Å². The molecule has 0 unspecified atom stereocenters. The van der Waals surface area contributed by atoms with Crippen molar-refractivity contribution in [2.45, 2.75) is 12.2 Å². The molecule has 7 heteroatoms. The van der Waals surface area contributed by atoms with Gasteiger partial charge in [0.05, 0.1) is 5.75 Å². The number of thioether (sulfide) groups is 1. The van der Waals surface area contributed by atoms with E-state index in [1.54, 1.807) is 6.92 Å². The van der Waals surface area contributed by atoms with Gasteiger partial charge in [-0.25, -0.2) is 0 Å². The number of hydrogen-bond acceptors (Lipinski definition) is 3. The molecule has 0 radical (unpaired) electrons. The SMILES string of the molecule is CCSCC(F)(F)S(=O)(=O)O. The molecule has 0 aromatic rings. The first-order valence-electron chi connectivity index (χ1n) is 2.74. The molecular formula is C4H8F2O3S2. The van der Waals surface area contributed by atoms with E-state index in [1.165, 1.54) is 0 Å². The highest BCUT2D eigenvalue weighted by Gasteiger charge is 2.43. The molecule has 0 bridgehead atoms. The Kier molecular flexibility index (Phi) is 3.72. The Morgan fingerprint density at radius 3 is 2.27 bits per heavy atom. The van der Waals surface area contributed by atoms with Gasteiger partial charge in [0.15, 0.2) is 0 Å². The first kappa shape index (κ1) is 11.1. The Labute approximate surface area is 67.9 Å². The van der Waals surface area contributed by atoms with Gasteiger partial charge in [-0.2, -0.15) is 29.0 Å². The molecule has 0 aliphatic heterocycles. The van der Waals surface area contributed by atoms with E-state index in [2.05, 4.69) is 0 Å². The fraction of sp³-hybridized carbons (Fsp3) is 1.00. The summed E-state index contributed by atoms with van der Waals surface area (Å²) in [6, 6.07) is 0. The van der Waals surface area contributed by atoms with Gasteiger partial charge in [-0.1, -0.05) is 6.92 Å². The molecule has 11 heavy (non-hydrogen) atoms. The molecule has 3 nitrogen and oxygen atoms in total. The van der Waals surface area contributed by atoms with Crippen LogP contribution < -0.4 is 0 Å². The van der Waals surface area contributed by atoms with Gasteiger partial charge in [0.2, 0.25) is 0 Å². The monoisotopic (exact) mass is 206 g/mol. The highest BCUT2D eigenvalue weighted by molar-refractivity contribution is 8.00. The van der Waals surface area contributed by atoms with Crippen LogP contribution in [0.1, 0.15) is 6.92 Å². The molecule has 0 aliphatic carbocycles. The third-order valence-electron chi connectivity index (χ3n) is 0.852.